The molecule has 2 N–H and O–H groups in total. The van der Waals surface area contributed by atoms with Crippen LogP contribution in [0.1, 0.15) is 72.8 Å². The predicted molar refractivity (Wildman–Crippen MR) is 196 cm³/mol. The Balaban J connectivity index is 2.37. The summed E-state index contributed by atoms with van der Waals surface area (Å²) >= 11 is 0. The molecule has 16 heteroatoms. The summed E-state index contributed by atoms with van der Waals surface area (Å²) in [5, 5.41) is 5.52. The highest BCUT2D eigenvalue weighted by Gasteiger charge is 2.40. The Morgan fingerprint density at radius 3 is 1.44 bits per heavy atom. The van der Waals surface area contributed by atoms with Crippen molar-refractivity contribution in [2.24, 2.45) is 0 Å². The van der Waals surface area contributed by atoms with E-state index < -0.39 is 29.8 Å². The summed E-state index contributed by atoms with van der Waals surface area (Å²) in [6.07, 6.45) is 2.94. The number of carbonyl (C=O) groups is 2. The third kappa shape index (κ3) is 18.5. The minimum Gasteiger partial charge on any atom is -0.490 e. The molecule has 0 saturated heterocycles. The zero-order valence-corrected chi connectivity index (χ0v) is 33.1. The van der Waals surface area contributed by atoms with Gasteiger partial charge < -0.3 is 56.1 Å². The van der Waals surface area contributed by atoms with E-state index in [1.54, 1.807) is 12.1 Å². The molecule has 1 rings (SSSR count). The van der Waals surface area contributed by atoms with Gasteiger partial charge in [-0.05, 0) is 60.5 Å². The molecule has 50 heavy (non-hydrogen) atoms. The first kappa shape index (κ1) is 45.3. The Kier molecular flexibility index (Phi) is 25.3. The lowest BCUT2D eigenvalue weighted by molar-refractivity contribution is 0.0699. The van der Waals surface area contributed by atoms with Gasteiger partial charge in [0.1, 0.15) is 0 Å². The molecule has 0 heterocycles. The van der Waals surface area contributed by atoms with E-state index >= 15 is 0 Å². The normalized spacial score (nSPS) is 11.6. The van der Waals surface area contributed by atoms with E-state index in [9.17, 15) is 9.59 Å². The van der Waals surface area contributed by atoms with Crippen molar-refractivity contribution in [2.45, 2.75) is 79.3 Å². The van der Waals surface area contributed by atoms with Crippen molar-refractivity contribution >= 4 is 35.9 Å². The summed E-state index contributed by atoms with van der Waals surface area (Å²) in [5.74, 6) is 1.09. The third-order valence-electron chi connectivity index (χ3n) is 6.82. The van der Waals surface area contributed by atoms with Gasteiger partial charge in [-0.25, -0.2) is 9.59 Å². The summed E-state index contributed by atoms with van der Waals surface area (Å²) in [6.45, 7) is 20.2. The fourth-order valence-electron chi connectivity index (χ4n) is 4.86. The van der Waals surface area contributed by atoms with Gasteiger partial charge in [0.2, 0.25) is 0 Å². The van der Waals surface area contributed by atoms with Crippen LogP contribution < -0.4 is 20.1 Å². The van der Waals surface area contributed by atoms with Gasteiger partial charge in [0.25, 0.3) is 0 Å². The number of hydrogen-bond acceptors (Lipinski definition) is 12. The highest BCUT2D eigenvalue weighted by atomic mass is 28.4. The number of alkyl carbamates (subject to hydrolysis) is 2. The van der Waals surface area contributed by atoms with Gasteiger partial charge in [-0.15, -0.1) is 0 Å². The molecule has 0 aliphatic rings. The SMILES string of the molecule is C=Cc1cccc(OCCCOC(=O)NCCC[Si](OCC)(OCC)OCC)c1OCCCOC(=O)NCCC[Si](OCC)(OCC)OCC. The summed E-state index contributed by atoms with van der Waals surface area (Å²) in [6, 6.07) is 6.73. The molecule has 0 unspecified atom stereocenters. The van der Waals surface area contributed by atoms with E-state index in [0.29, 0.717) is 115 Å². The molecular weight excluding hydrogens is 685 g/mol. The van der Waals surface area contributed by atoms with Crippen molar-refractivity contribution < 1.29 is 55.1 Å². The summed E-state index contributed by atoms with van der Waals surface area (Å²) in [5.41, 5.74) is 0.771. The van der Waals surface area contributed by atoms with Crippen LogP contribution in [-0.2, 0) is 36.0 Å². The Morgan fingerprint density at radius 1 is 0.620 bits per heavy atom. The lowest BCUT2D eigenvalue weighted by Gasteiger charge is -2.28. The quantitative estimate of drug-likeness (QED) is 0.0658. The Bertz CT molecular complexity index is 1040. The monoisotopic (exact) mass is 746 g/mol. The molecule has 1 aromatic rings. The van der Waals surface area contributed by atoms with Gasteiger partial charge in [-0.3, -0.25) is 0 Å². The third-order valence-corrected chi connectivity index (χ3v) is 13.1. The van der Waals surface area contributed by atoms with Gasteiger partial charge in [0.05, 0.1) is 26.4 Å². The van der Waals surface area contributed by atoms with Crippen LogP contribution in [0.15, 0.2) is 24.8 Å². The second kappa shape index (κ2) is 27.9. The molecule has 0 fully saturated rings. The highest BCUT2D eigenvalue weighted by Crippen LogP contribution is 2.32. The van der Waals surface area contributed by atoms with Crippen molar-refractivity contribution in [1.29, 1.82) is 0 Å². The predicted octanol–water partition coefficient (Wildman–Crippen LogP) is 6.20. The molecule has 0 saturated carbocycles. The zero-order valence-electron chi connectivity index (χ0n) is 31.1. The summed E-state index contributed by atoms with van der Waals surface area (Å²) < 4.78 is 57.6. The Hall–Kier alpha value is -2.71. The fourth-order valence-corrected chi connectivity index (χ4v) is 10.1. The van der Waals surface area contributed by atoms with E-state index in [-0.39, 0.29) is 13.2 Å². The average molecular weight is 747 g/mol. The molecule has 0 spiro atoms. The Morgan fingerprint density at radius 2 is 1.04 bits per heavy atom. The number of amides is 2. The zero-order chi connectivity index (χ0) is 36.9. The lowest BCUT2D eigenvalue weighted by Crippen LogP contribution is -2.46. The largest absolute Gasteiger partial charge is 0.500 e. The van der Waals surface area contributed by atoms with E-state index in [1.165, 1.54) is 0 Å². The van der Waals surface area contributed by atoms with Gasteiger partial charge >= 0.3 is 29.8 Å². The van der Waals surface area contributed by atoms with E-state index in [0.717, 1.165) is 5.56 Å². The van der Waals surface area contributed by atoms with E-state index in [2.05, 4.69) is 17.2 Å². The first-order chi connectivity index (χ1) is 24.3. The van der Waals surface area contributed by atoms with Gasteiger partial charge in [0.15, 0.2) is 11.5 Å². The number of nitrogens with one attached hydrogen (secondary N) is 2. The average Bonchev–Trinajstić information content (AvgIpc) is 3.09. The minimum absolute atomic E-state index is 0.182. The molecule has 0 atom stereocenters. The molecule has 2 amide bonds. The number of rotatable bonds is 31. The molecule has 288 valence electrons. The second-order valence-corrected chi connectivity index (χ2v) is 16.0. The maximum Gasteiger partial charge on any atom is 0.500 e. The summed E-state index contributed by atoms with van der Waals surface area (Å²) in [7, 11) is -5.48. The van der Waals surface area contributed by atoms with Gasteiger partial charge in [-0.2, -0.15) is 0 Å². The smallest absolute Gasteiger partial charge is 0.490 e. The van der Waals surface area contributed by atoms with Crippen LogP contribution in [0.3, 0.4) is 0 Å². The van der Waals surface area contributed by atoms with Crippen LogP contribution >= 0.6 is 0 Å². The van der Waals surface area contributed by atoms with Crippen molar-refractivity contribution in [2.75, 3.05) is 79.2 Å². The van der Waals surface area contributed by atoms with Crippen LogP contribution in [0, 0.1) is 0 Å². The maximum atomic E-state index is 12.2. The topological polar surface area (TPSA) is 150 Å². The molecule has 1 aromatic carbocycles. The fraction of sp³-hybridized carbons (Fsp3) is 0.706. The number of ether oxygens (including phenoxy) is 4. The van der Waals surface area contributed by atoms with Crippen LogP contribution in [0.4, 0.5) is 9.59 Å². The first-order valence-corrected chi connectivity index (χ1v) is 21.8. The molecule has 14 nitrogen and oxygen atoms in total. The standard InChI is InChI=1S/C34H62N2O12Si2/c1-8-30-20-15-21-31(39-24-18-26-41-33(37)35-22-16-28-49(43-9-2,44-10-3)45-11-4)32(30)40-25-19-27-42-34(38)36-23-17-29-50(46-12-5,47-13-6)48-14-7/h8,15,20-21H,1,9-14,16-19,22-29H2,2-7H3,(H,35,37)(H,36,38). The molecule has 0 bridgehead atoms. The maximum absolute atomic E-state index is 12.2. The number of para-hydroxylation sites is 1. The van der Waals surface area contributed by atoms with Crippen molar-refractivity contribution in [3.63, 3.8) is 0 Å². The highest BCUT2D eigenvalue weighted by molar-refractivity contribution is 6.61. The number of carbonyl (C=O) groups excluding carboxylic acids is 2. The number of benzene rings is 1. The van der Waals surface area contributed by atoms with Gasteiger partial charge in [0, 0.05) is 83.2 Å². The van der Waals surface area contributed by atoms with Crippen LogP contribution in [0.2, 0.25) is 12.1 Å². The molecule has 0 aliphatic heterocycles. The van der Waals surface area contributed by atoms with Crippen LogP contribution in [0.5, 0.6) is 11.5 Å². The van der Waals surface area contributed by atoms with Crippen LogP contribution in [-0.4, -0.2) is 109 Å². The lowest BCUT2D eigenvalue weighted by atomic mass is 10.2. The van der Waals surface area contributed by atoms with Gasteiger partial charge in [-0.1, -0.05) is 24.8 Å². The second-order valence-electron chi connectivity index (χ2n) is 10.6. The van der Waals surface area contributed by atoms with E-state index in [1.807, 2.05) is 53.7 Å². The first-order valence-electron chi connectivity index (χ1n) is 17.9. The molecule has 0 aliphatic carbocycles. The minimum atomic E-state index is -2.74. The van der Waals surface area contributed by atoms with E-state index in [4.69, 9.17) is 45.5 Å². The molecular formula is C34H62N2O12Si2. The Labute approximate surface area is 301 Å². The van der Waals surface area contributed by atoms with Crippen LogP contribution in [0.25, 0.3) is 6.08 Å². The molecule has 0 radical (unpaired) electrons. The molecule has 0 aromatic heterocycles. The van der Waals surface area contributed by atoms with Crippen molar-refractivity contribution in [1.82, 2.24) is 10.6 Å². The van der Waals surface area contributed by atoms with Crippen molar-refractivity contribution in [3.8, 4) is 11.5 Å². The summed E-state index contributed by atoms with van der Waals surface area (Å²) in [4.78, 5) is 24.3. The number of hydrogen-bond donors (Lipinski definition) is 2. The van der Waals surface area contributed by atoms with Crippen molar-refractivity contribution in [3.05, 3.63) is 30.3 Å².